The second-order valence-corrected chi connectivity index (χ2v) is 6.57. The van der Waals surface area contributed by atoms with Crippen LogP contribution in [0.2, 0.25) is 0 Å². The molecule has 3 N–H and O–H groups in total. The van der Waals surface area contributed by atoms with Gasteiger partial charge in [0.05, 0.1) is 14.4 Å². The van der Waals surface area contributed by atoms with Crippen molar-refractivity contribution in [3.8, 4) is 5.75 Å². The molecule has 0 spiro atoms. The highest BCUT2D eigenvalue weighted by Gasteiger charge is 2.36. The first kappa shape index (κ1) is 14.5. The number of benzene rings is 2. The molecule has 1 saturated heterocycles. The molecule has 0 aromatic heterocycles. The van der Waals surface area contributed by atoms with Crippen molar-refractivity contribution in [1.29, 1.82) is 0 Å². The van der Waals surface area contributed by atoms with E-state index in [0.29, 0.717) is 31.5 Å². The zero-order valence-electron chi connectivity index (χ0n) is 15.8. The third-order valence-corrected chi connectivity index (χ3v) is 5.07. The van der Waals surface area contributed by atoms with E-state index in [4.69, 9.17) is 2.74 Å². The Morgan fingerprint density at radius 2 is 1.67 bits per heavy atom. The van der Waals surface area contributed by atoms with Crippen molar-refractivity contribution in [3.63, 3.8) is 0 Å². The first-order valence-electron chi connectivity index (χ1n) is 9.31. The van der Waals surface area contributed by atoms with E-state index in [1.54, 1.807) is 36.4 Å². The molecule has 1 fully saturated rings. The molecule has 128 valence electrons. The van der Waals surface area contributed by atoms with Crippen LogP contribution in [-0.4, -0.2) is 39.4 Å². The SMILES string of the molecule is [3H]c1cc([3H])cc(C2(O)CCN([C@@H](C)[C@@H](O)c3ccc(O)cc3)CC2)c1. The van der Waals surface area contributed by atoms with Crippen LogP contribution in [0.3, 0.4) is 0 Å². The van der Waals surface area contributed by atoms with Crippen LogP contribution in [0.25, 0.3) is 0 Å². The molecule has 1 aliphatic rings. The van der Waals surface area contributed by atoms with Crippen molar-refractivity contribution in [2.45, 2.75) is 37.5 Å². The van der Waals surface area contributed by atoms with Gasteiger partial charge in [-0.3, -0.25) is 4.90 Å². The Labute approximate surface area is 145 Å². The number of likely N-dealkylation sites (tertiary alicyclic amines) is 1. The Morgan fingerprint density at radius 3 is 2.25 bits per heavy atom. The molecule has 0 aliphatic carbocycles. The molecule has 3 rings (SSSR count). The van der Waals surface area contributed by atoms with Crippen LogP contribution >= 0.6 is 0 Å². The number of aromatic hydroxyl groups is 1. The fraction of sp³-hybridized carbons (Fsp3) is 0.400. The third-order valence-electron chi connectivity index (χ3n) is 5.07. The maximum atomic E-state index is 11.0. The van der Waals surface area contributed by atoms with Gasteiger partial charge < -0.3 is 15.3 Å². The molecule has 0 amide bonds. The van der Waals surface area contributed by atoms with Crippen molar-refractivity contribution in [2.24, 2.45) is 0 Å². The van der Waals surface area contributed by atoms with Crippen LogP contribution in [0.1, 0.15) is 39.7 Å². The van der Waals surface area contributed by atoms with E-state index in [0.717, 1.165) is 5.56 Å². The maximum absolute atomic E-state index is 11.0. The van der Waals surface area contributed by atoms with Gasteiger partial charge in [-0.25, -0.2) is 0 Å². The van der Waals surface area contributed by atoms with Crippen LogP contribution in [0.5, 0.6) is 5.75 Å². The van der Waals surface area contributed by atoms with Gasteiger partial charge in [-0.15, -0.1) is 0 Å². The number of phenols is 1. The Hall–Kier alpha value is -1.88. The number of piperidine rings is 1. The molecule has 0 unspecified atom stereocenters. The van der Waals surface area contributed by atoms with Gasteiger partial charge in [0.2, 0.25) is 0 Å². The lowest BCUT2D eigenvalue weighted by atomic mass is 9.83. The standard InChI is InChI=1S/C20H25NO3/c1-15(19(23)16-7-9-18(22)10-8-16)21-13-11-20(24,12-14-21)17-5-3-2-4-6-17/h2-10,15,19,22-24H,11-14H2,1H3/t15-,19+/m0/s1/i3T,4T. The summed E-state index contributed by atoms with van der Waals surface area (Å²) in [5, 5.41) is 31.0. The number of nitrogens with zero attached hydrogens (tertiary/aromatic N) is 1. The minimum atomic E-state index is -1.04. The molecule has 0 saturated carbocycles. The lowest BCUT2D eigenvalue weighted by molar-refractivity contribution is -0.0501. The normalized spacial score (nSPS) is 21.6. The zero-order valence-corrected chi connectivity index (χ0v) is 13.8. The lowest BCUT2D eigenvalue weighted by Crippen LogP contribution is -2.47. The number of phenolic OH excluding ortho intramolecular Hbond substituents is 1. The highest BCUT2D eigenvalue weighted by molar-refractivity contribution is 5.28. The molecule has 24 heavy (non-hydrogen) atoms. The lowest BCUT2D eigenvalue weighted by Gasteiger charge is -2.42. The second-order valence-electron chi connectivity index (χ2n) is 6.57. The molecule has 4 nitrogen and oxygen atoms in total. The van der Waals surface area contributed by atoms with E-state index < -0.39 is 11.7 Å². The quantitative estimate of drug-likeness (QED) is 0.806. The van der Waals surface area contributed by atoms with Crippen LogP contribution in [0.4, 0.5) is 0 Å². The summed E-state index contributed by atoms with van der Waals surface area (Å²) < 4.78 is 15.5. The zero-order chi connectivity index (χ0) is 18.9. The van der Waals surface area contributed by atoms with Gasteiger partial charge in [-0.2, -0.15) is 0 Å². The highest BCUT2D eigenvalue weighted by Crippen LogP contribution is 2.34. The molecule has 1 aliphatic heterocycles. The van der Waals surface area contributed by atoms with Crippen molar-refractivity contribution in [3.05, 3.63) is 65.7 Å². The molecule has 1 heterocycles. The first-order valence-corrected chi connectivity index (χ1v) is 8.31. The molecule has 0 radical (unpaired) electrons. The average molecular weight is 331 g/mol. The molecular formula is C20H25NO3. The fourth-order valence-electron chi connectivity index (χ4n) is 3.36. The number of hydrogen-bond acceptors (Lipinski definition) is 4. The summed E-state index contributed by atoms with van der Waals surface area (Å²) in [6.45, 7) is 3.18. The highest BCUT2D eigenvalue weighted by atomic mass is 16.3. The largest absolute Gasteiger partial charge is 0.508 e. The Balaban J connectivity index is 1.68. The van der Waals surface area contributed by atoms with Crippen molar-refractivity contribution < 1.29 is 18.1 Å². The number of rotatable bonds is 4. The second kappa shape index (κ2) is 6.93. The topological polar surface area (TPSA) is 63.9 Å². The Kier molecular flexibility index (Phi) is 4.18. The van der Waals surface area contributed by atoms with Gasteiger partial charge in [0.15, 0.2) is 0 Å². The Morgan fingerprint density at radius 1 is 1.08 bits per heavy atom. The van der Waals surface area contributed by atoms with Gasteiger partial charge in [-0.1, -0.05) is 42.4 Å². The summed E-state index contributed by atoms with van der Waals surface area (Å²) in [6.07, 6.45) is 0.295. The smallest absolute Gasteiger partial charge is 0.115 e. The summed E-state index contributed by atoms with van der Waals surface area (Å²) in [6, 6.07) is 11.6. The van der Waals surface area contributed by atoms with Gasteiger partial charge in [0.25, 0.3) is 0 Å². The Bertz CT molecular complexity index is 738. The predicted octanol–water partition coefficient (Wildman–Crippen LogP) is 2.80. The monoisotopic (exact) mass is 331 g/mol. The fourth-order valence-corrected chi connectivity index (χ4v) is 3.36. The van der Waals surface area contributed by atoms with E-state index in [1.165, 1.54) is 6.07 Å². The molecule has 2 aromatic carbocycles. The van der Waals surface area contributed by atoms with Crippen molar-refractivity contribution >= 4 is 0 Å². The summed E-state index contributed by atoms with van der Waals surface area (Å²) in [5.74, 6) is 0.169. The van der Waals surface area contributed by atoms with E-state index in [9.17, 15) is 15.3 Å². The first-order chi connectivity index (χ1) is 12.3. The van der Waals surface area contributed by atoms with Gasteiger partial charge in [0.1, 0.15) is 5.75 Å². The summed E-state index contributed by atoms with van der Waals surface area (Å²) in [5.41, 5.74) is 0.338. The predicted molar refractivity (Wildman–Crippen MR) is 93.7 cm³/mol. The third kappa shape index (κ3) is 3.46. The summed E-state index contributed by atoms with van der Waals surface area (Å²) >= 11 is 0. The van der Waals surface area contributed by atoms with Crippen LogP contribution in [0.15, 0.2) is 54.5 Å². The summed E-state index contributed by atoms with van der Waals surface area (Å²) in [7, 11) is 0. The van der Waals surface area contributed by atoms with Crippen LogP contribution < -0.4 is 0 Å². The average Bonchev–Trinajstić information content (AvgIpc) is 2.61. The molecule has 0 bridgehead atoms. The number of aliphatic hydroxyl groups is 2. The summed E-state index contributed by atoms with van der Waals surface area (Å²) in [4.78, 5) is 2.14. The maximum Gasteiger partial charge on any atom is 0.115 e. The molecule has 2 atom stereocenters. The molecule has 2 aromatic rings. The van der Waals surface area contributed by atoms with Gasteiger partial charge in [0, 0.05) is 19.1 Å². The van der Waals surface area contributed by atoms with E-state index in [1.807, 2.05) is 6.92 Å². The van der Waals surface area contributed by atoms with Crippen LogP contribution in [-0.2, 0) is 5.60 Å². The molecular weight excluding hydrogens is 302 g/mol. The number of hydrogen-bond donors (Lipinski definition) is 3. The van der Waals surface area contributed by atoms with E-state index >= 15 is 0 Å². The number of aliphatic hydroxyl groups excluding tert-OH is 1. The van der Waals surface area contributed by atoms with Crippen LogP contribution in [0, 0.1) is 0 Å². The van der Waals surface area contributed by atoms with Crippen molar-refractivity contribution in [1.82, 2.24) is 4.90 Å². The van der Waals surface area contributed by atoms with Gasteiger partial charge in [-0.05, 0) is 43.0 Å². The van der Waals surface area contributed by atoms with Crippen molar-refractivity contribution in [2.75, 3.05) is 13.1 Å². The minimum Gasteiger partial charge on any atom is -0.508 e. The van der Waals surface area contributed by atoms with E-state index in [-0.39, 0.29) is 23.9 Å². The van der Waals surface area contributed by atoms with E-state index in [2.05, 4.69) is 4.90 Å². The van der Waals surface area contributed by atoms with Gasteiger partial charge >= 0.3 is 0 Å². The molecule has 4 heteroatoms. The minimum absolute atomic E-state index is 0.127.